The normalized spacial score (nSPS) is 23.7. The number of aromatic nitrogens is 1. The molecule has 178 valence electrons. The average molecular weight is 483 g/mol. The molecule has 4 rings (SSSR count). The molecule has 0 bridgehead atoms. The third-order valence-electron chi connectivity index (χ3n) is 6.12. The predicted molar refractivity (Wildman–Crippen MR) is 116 cm³/mol. The monoisotopic (exact) mass is 482 g/mol. The lowest BCUT2D eigenvalue weighted by Gasteiger charge is -2.29. The quantitative estimate of drug-likeness (QED) is 0.531. The Morgan fingerprint density at radius 2 is 2.06 bits per heavy atom. The van der Waals surface area contributed by atoms with Crippen molar-refractivity contribution in [3.05, 3.63) is 41.3 Å². The second kappa shape index (κ2) is 9.89. The Bertz CT molecular complexity index is 1020. The Morgan fingerprint density at radius 1 is 1.24 bits per heavy atom. The van der Waals surface area contributed by atoms with Gasteiger partial charge >= 0.3 is 6.18 Å². The number of oxazole rings is 1. The van der Waals surface area contributed by atoms with Gasteiger partial charge < -0.3 is 9.15 Å². The largest absolute Gasteiger partial charge is 0.441 e. The molecule has 2 fully saturated rings. The third kappa shape index (κ3) is 5.97. The van der Waals surface area contributed by atoms with Crippen molar-refractivity contribution in [2.24, 2.45) is 5.92 Å². The second-order valence-electron chi connectivity index (χ2n) is 8.53. The molecule has 1 aromatic carbocycles. The minimum absolute atomic E-state index is 0.0450. The molecule has 0 spiro atoms. The summed E-state index contributed by atoms with van der Waals surface area (Å²) in [7, 11) is 0. The van der Waals surface area contributed by atoms with Crippen LogP contribution in [0.3, 0.4) is 0 Å². The van der Waals surface area contributed by atoms with Crippen LogP contribution < -0.4 is 5.32 Å². The van der Waals surface area contributed by atoms with E-state index in [-0.39, 0.29) is 40.6 Å². The molecule has 0 radical (unpaired) electrons. The van der Waals surface area contributed by atoms with Gasteiger partial charge in [-0.2, -0.15) is 13.2 Å². The molecule has 2 aromatic rings. The van der Waals surface area contributed by atoms with Crippen molar-refractivity contribution < 1.29 is 31.9 Å². The lowest BCUT2D eigenvalue weighted by molar-refractivity contribution is -0.137. The van der Waals surface area contributed by atoms with E-state index in [1.54, 1.807) is 6.92 Å². The fourth-order valence-corrected chi connectivity index (χ4v) is 5.17. The van der Waals surface area contributed by atoms with Crippen LogP contribution in [0.25, 0.3) is 11.5 Å². The van der Waals surface area contributed by atoms with Crippen LogP contribution in [-0.4, -0.2) is 27.5 Å². The molecule has 3 atom stereocenters. The molecule has 1 N–H and O–H groups in total. The lowest BCUT2D eigenvalue weighted by atomic mass is 9.84. The van der Waals surface area contributed by atoms with Crippen molar-refractivity contribution >= 4 is 22.9 Å². The van der Waals surface area contributed by atoms with Crippen LogP contribution in [0.5, 0.6) is 0 Å². The molecular formula is C23H25F3N2O4S. The van der Waals surface area contributed by atoms with E-state index in [4.69, 9.17) is 9.15 Å². The summed E-state index contributed by atoms with van der Waals surface area (Å²) in [6.45, 7) is 1.94. The number of aryl methyl sites for hydroxylation is 1. The van der Waals surface area contributed by atoms with Crippen LogP contribution in [-0.2, 0) is 22.3 Å². The Kier molecular flexibility index (Phi) is 7.13. The van der Waals surface area contributed by atoms with E-state index < -0.39 is 11.7 Å². The Balaban J connectivity index is 1.31. The lowest BCUT2D eigenvalue weighted by Crippen LogP contribution is -2.26. The standard InChI is InChI=1S/C23H25F3N2O4S/c1-13-18(27-21(32-13)15-5-3-6-16(11-15)23(24,25)26)12-31-17-7-2-4-14(10-17)8-9-19-20(29)28-22(30)33-19/h3,5-6,11,14,17,19H,2,4,7-10,12H2,1H3,(H,28,29,30)/t14-,17-,19?/m1/s1. The molecular weight excluding hydrogens is 457 g/mol. The Hall–Kier alpha value is -2.33. The van der Waals surface area contributed by atoms with Gasteiger partial charge in [0.05, 0.1) is 23.5 Å². The van der Waals surface area contributed by atoms with E-state index in [1.165, 1.54) is 12.1 Å². The number of carbonyl (C=O) groups excluding carboxylic acids is 2. The number of carbonyl (C=O) groups is 2. The molecule has 1 saturated carbocycles. The summed E-state index contributed by atoms with van der Waals surface area (Å²) in [5.41, 5.74) is 0.0889. The van der Waals surface area contributed by atoms with E-state index >= 15 is 0 Å². The number of nitrogens with zero attached hydrogens (tertiary/aromatic N) is 1. The van der Waals surface area contributed by atoms with Crippen LogP contribution in [0.2, 0.25) is 0 Å². The first-order valence-corrected chi connectivity index (χ1v) is 11.8. The van der Waals surface area contributed by atoms with E-state index in [9.17, 15) is 22.8 Å². The third-order valence-corrected chi connectivity index (χ3v) is 7.17. The number of amides is 2. The van der Waals surface area contributed by atoms with Crippen molar-refractivity contribution in [3.63, 3.8) is 0 Å². The first kappa shape index (κ1) is 23.8. The van der Waals surface area contributed by atoms with Crippen molar-refractivity contribution in [1.29, 1.82) is 0 Å². The highest BCUT2D eigenvalue weighted by Crippen LogP contribution is 2.34. The van der Waals surface area contributed by atoms with E-state index in [1.807, 2.05) is 0 Å². The second-order valence-corrected chi connectivity index (χ2v) is 9.70. The Labute approximate surface area is 193 Å². The van der Waals surface area contributed by atoms with Gasteiger partial charge in [0.2, 0.25) is 11.8 Å². The number of ether oxygens (including phenoxy) is 1. The first-order chi connectivity index (χ1) is 15.7. The predicted octanol–water partition coefficient (Wildman–Crippen LogP) is 5.88. The minimum atomic E-state index is -4.43. The summed E-state index contributed by atoms with van der Waals surface area (Å²) in [6, 6.07) is 4.91. The van der Waals surface area contributed by atoms with Crippen LogP contribution >= 0.6 is 11.8 Å². The summed E-state index contributed by atoms with van der Waals surface area (Å²) >= 11 is 1.06. The van der Waals surface area contributed by atoms with Crippen LogP contribution in [0.4, 0.5) is 18.0 Å². The molecule has 1 saturated heterocycles. The number of halogens is 3. The summed E-state index contributed by atoms with van der Waals surface area (Å²) in [4.78, 5) is 27.4. The molecule has 2 aliphatic rings. The fourth-order valence-electron chi connectivity index (χ4n) is 4.34. The molecule has 1 aromatic heterocycles. The number of imide groups is 1. The van der Waals surface area contributed by atoms with Gasteiger partial charge in [-0.1, -0.05) is 30.7 Å². The molecule has 33 heavy (non-hydrogen) atoms. The van der Waals surface area contributed by atoms with Crippen molar-refractivity contribution in [2.75, 3.05) is 0 Å². The van der Waals surface area contributed by atoms with Gasteiger partial charge in [-0.05, 0) is 56.7 Å². The molecule has 2 amide bonds. The van der Waals surface area contributed by atoms with Gasteiger partial charge in [0, 0.05) is 5.56 Å². The van der Waals surface area contributed by atoms with Gasteiger partial charge in [0.1, 0.15) is 11.5 Å². The average Bonchev–Trinajstić information content (AvgIpc) is 3.31. The zero-order valence-electron chi connectivity index (χ0n) is 18.1. The van der Waals surface area contributed by atoms with Gasteiger partial charge in [-0.25, -0.2) is 4.98 Å². The minimum Gasteiger partial charge on any atom is -0.441 e. The van der Waals surface area contributed by atoms with Crippen molar-refractivity contribution in [3.8, 4) is 11.5 Å². The number of rotatable bonds is 7. The highest BCUT2D eigenvalue weighted by Gasteiger charge is 2.33. The summed E-state index contributed by atoms with van der Waals surface area (Å²) < 4.78 is 50.7. The smallest absolute Gasteiger partial charge is 0.416 e. The maximum absolute atomic E-state index is 13.0. The van der Waals surface area contributed by atoms with E-state index in [2.05, 4.69) is 10.3 Å². The maximum Gasteiger partial charge on any atom is 0.416 e. The number of hydrogen-bond donors (Lipinski definition) is 1. The Morgan fingerprint density at radius 3 is 2.79 bits per heavy atom. The number of benzene rings is 1. The van der Waals surface area contributed by atoms with Gasteiger partial charge in [-0.3, -0.25) is 14.9 Å². The molecule has 2 heterocycles. The van der Waals surface area contributed by atoms with Crippen LogP contribution in [0.15, 0.2) is 28.7 Å². The zero-order valence-corrected chi connectivity index (χ0v) is 18.9. The van der Waals surface area contributed by atoms with Crippen molar-refractivity contribution in [1.82, 2.24) is 10.3 Å². The number of thioether (sulfide) groups is 1. The first-order valence-electron chi connectivity index (χ1n) is 11.0. The van der Waals surface area contributed by atoms with Gasteiger partial charge in [-0.15, -0.1) is 0 Å². The fraction of sp³-hybridized carbons (Fsp3) is 0.522. The SMILES string of the molecule is Cc1oc(-c2cccc(C(F)(F)F)c2)nc1CO[C@@H]1CCC[C@H](CCC2SC(=O)NC2=O)C1. The highest BCUT2D eigenvalue weighted by atomic mass is 32.2. The molecule has 1 aliphatic carbocycles. The van der Waals surface area contributed by atoms with Gasteiger partial charge in [0.25, 0.3) is 5.24 Å². The number of nitrogens with one attached hydrogen (secondary N) is 1. The molecule has 1 aliphatic heterocycles. The van der Waals surface area contributed by atoms with Gasteiger partial charge in [0.15, 0.2) is 0 Å². The zero-order chi connectivity index (χ0) is 23.6. The van der Waals surface area contributed by atoms with E-state index in [0.717, 1.165) is 56.0 Å². The number of alkyl halides is 3. The molecule has 1 unspecified atom stereocenters. The summed E-state index contributed by atoms with van der Waals surface area (Å²) in [5, 5.41) is 1.74. The van der Waals surface area contributed by atoms with Crippen LogP contribution in [0, 0.1) is 12.8 Å². The number of hydrogen-bond acceptors (Lipinski definition) is 6. The van der Waals surface area contributed by atoms with Crippen LogP contribution in [0.1, 0.15) is 55.5 Å². The van der Waals surface area contributed by atoms with Crippen molar-refractivity contribution in [2.45, 2.75) is 69.6 Å². The van der Waals surface area contributed by atoms with E-state index in [0.29, 0.717) is 23.8 Å². The topological polar surface area (TPSA) is 81.4 Å². The molecule has 6 nitrogen and oxygen atoms in total. The molecule has 10 heteroatoms. The summed E-state index contributed by atoms with van der Waals surface area (Å²) in [6.07, 6.45) is 1.01. The highest BCUT2D eigenvalue weighted by molar-refractivity contribution is 8.15. The summed E-state index contributed by atoms with van der Waals surface area (Å²) in [5.74, 6) is 0.878. The maximum atomic E-state index is 13.0.